The third-order valence-corrected chi connectivity index (χ3v) is 5.47. The van der Waals surface area contributed by atoms with Gasteiger partial charge in [0.1, 0.15) is 11.6 Å². The third-order valence-electron chi connectivity index (χ3n) is 4.12. The Morgan fingerprint density at radius 2 is 1.86 bits per heavy atom. The first-order chi connectivity index (χ1) is 9.77. The molecule has 1 aromatic carbocycles. The van der Waals surface area contributed by atoms with Gasteiger partial charge in [0.25, 0.3) is 0 Å². The van der Waals surface area contributed by atoms with E-state index in [0.29, 0.717) is 5.75 Å². The topological polar surface area (TPSA) is 46.6 Å². The summed E-state index contributed by atoms with van der Waals surface area (Å²) in [5, 5.41) is 0. The number of sulfonamides is 1. The fraction of sp³-hybridized carbons (Fsp3) is 0.600. The Balaban J connectivity index is 1.94. The molecule has 4 nitrogen and oxygen atoms in total. The summed E-state index contributed by atoms with van der Waals surface area (Å²) in [6.07, 6.45) is 4.34. The van der Waals surface area contributed by atoms with Gasteiger partial charge in [0.05, 0.1) is 12.4 Å². The van der Waals surface area contributed by atoms with E-state index in [0.717, 1.165) is 31.2 Å². The summed E-state index contributed by atoms with van der Waals surface area (Å²) in [4.78, 5) is 0. The van der Waals surface area contributed by atoms with Crippen LogP contribution in [-0.2, 0) is 10.0 Å². The Labute approximate surface area is 126 Å². The van der Waals surface area contributed by atoms with E-state index < -0.39 is 10.0 Å². The third kappa shape index (κ3) is 4.17. The average molecular weight is 315 g/mol. The summed E-state index contributed by atoms with van der Waals surface area (Å²) in [6, 6.07) is 4.56. The zero-order valence-electron chi connectivity index (χ0n) is 12.7. The SMILES string of the molecule is Cc1ccc(F)cc1O[C@H]1CC[C@@H](N(C)S(C)(=O)=O)CC1. The van der Waals surface area contributed by atoms with Crippen LogP contribution in [0.25, 0.3) is 0 Å². The van der Waals surface area contributed by atoms with E-state index in [-0.39, 0.29) is 18.0 Å². The van der Waals surface area contributed by atoms with Crippen LogP contribution in [0.3, 0.4) is 0 Å². The predicted molar refractivity (Wildman–Crippen MR) is 80.4 cm³/mol. The van der Waals surface area contributed by atoms with Gasteiger partial charge in [-0.1, -0.05) is 6.07 Å². The van der Waals surface area contributed by atoms with Crippen molar-refractivity contribution >= 4 is 10.0 Å². The predicted octanol–water partition coefficient (Wildman–Crippen LogP) is 2.72. The molecule has 0 unspecified atom stereocenters. The van der Waals surface area contributed by atoms with Crippen molar-refractivity contribution in [1.82, 2.24) is 4.31 Å². The van der Waals surface area contributed by atoms with Crippen molar-refractivity contribution in [2.24, 2.45) is 0 Å². The highest BCUT2D eigenvalue weighted by molar-refractivity contribution is 7.88. The van der Waals surface area contributed by atoms with Gasteiger partial charge in [-0.3, -0.25) is 0 Å². The Morgan fingerprint density at radius 1 is 1.24 bits per heavy atom. The van der Waals surface area contributed by atoms with Gasteiger partial charge in [0.15, 0.2) is 0 Å². The van der Waals surface area contributed by atoms with Gasteiger partial charge in [-0.25, -0.2) is 17.1 Å². The highest BCUT2D eigenvalue weighted by atomic mass is 32.2. The molecule has 1 aromatic rings. The fourth-order valence-electron chi connectivity index (χ4n) is 2.68. The lowest BCUT2D eigenvalue weighted by atomic mass is 9.93. The van der Waals surface area contributed by atoms with E-state index >= 15 is 0 Å². The molecule has 2 rings (SSSR count). The number of halogens is 1. The Bertz CT molecular complexity index is 595. The molecular formula is C15H22FNO3S. The Kier molecular flexibility index (Phi) is 4.88. The number of nitrogens with zero attached hydrogens (tertiary/aromatic N) is 1. The molecule has 0 bridgehead atoms. The maximum atomic E-state index is 13.2. The smallest absolute Gasteiger partial charge is 0.211 e. The molecule has 1 fully saturated rings. The molecule has 1 aliphatic rings. The molecule has 1 saturated carbocycles. The van der Waals surface area contributed by atoms with Crippen molar-refractivity contribution in [1.29, 1.82) is 0 Å². The van der Waals surface area contributed by atoms with Crippen molar-refractivity contribution in [3.05, 3.63) is 29.6 Å². The zero-order chi connectivity index (χ0) is 15.6. The molecule has 0 saturated heterocycles. The van der Waals surface area contributed by atoms with Crippen LogP contribution in [0, 0.1) is 12.7 Å². The summed E-state index contributed by atoms with van der Waals surface area (Å²) < 4.78 is 43.6. The largest absolute Gasteiger partial charge is 0.490 e. The van der Waals surface area contributed by atoms with Gasteiger partial charge in [-0.2, -0.15) is 0 Å². The molecule has 0 heterocycles. The molecule has 21 heavy (non-hydrogen) atoms. The molecule has 0 N–H and O–H groups in total. The van der Waals surface area contributed by atoms with E-state index in [2.05, 4.69) is 0 Å². The van der Waals surface area contributed by atoms with E-state index in [1.54, 1.807) is 13.1 Å². The van der Waals surface area contributed by atoms with Gasteiger partial charge < -0.3 is 4.74 Å². The van der Waals surface area contributed by atoms with Crippen LogP contribution in [-0.4, -0.2) is 38.2 Å². The van der Waals surface area contributed by atoms with Crippen molar-refractivity contribution < 1.29 is 17.5 Å². The maximum absolute atomic E-state index is 13.2. The van der Waals surface area contributed by atoms with Gasteiger partial charge in [0.2, 0.25) is 10.0 Å². The molecule has 0 aromatic heterocycles. The molecule has 0 amide bonds. The highest BCUT2D eigenvalue weighted by Crippen LogP contribution is 2.28. The van der Waals surface area contributed by atoms with Crippen LogP contribution >= 0.6 is 0 Å². The lowest BCUT2D eigenvalue weighted by molar-refractivity contribution is 0.124. The van der Waals surface area contributed by atoms with E-state index in [4.69, 9.17) is 4.74 Å². The second-order valence-corrected chi connectivity index (χ2v) is 7.78. The lowest BCUT2D eigenvalue weighted by Crippen LogP contribution is -2.40. The van der Waals surface area contributed by atoms with Gasteiger partial charge >= 0.3 is 0 Å². The normalized spacial score (nSPS) is 23.3. The number of benzene rings is 1. The standard InChI is InChI=1S/C15H22FNO3S/c1-11-4-5-12(16)10-15(11)20-14-8-6-13(7-9-14)17(2)21(3,18)19/h4-5,10,13-14H,6-9H2,1-3H3/t13-,14+. The summed E-state index contributed by atoms with van der Waals surface area (Å²) in [5.74, 6) is 0.274. The summed E-state index contributed by atoms with van der Waals surface area (Å²) in [5.41, 5.74) is 0.909. The van der Waals surface area contributed by atoms with E-state index in [9.17, 15) is 12.8 Å². The Morgan fingerprint density at radius 3 is 2.43 bits per heavy atom. The molecule has 0 aliphatic heterocycles. The zero-order valence-corrected chi connectivity index (χ0v) is 13.5. The summed E-state index contributed by atoms with van der Waals surface area (Å²) >= 11 is 0. The highest BCUT2D eigenvalue weighted by Gasteiger charge is 2.29. The quantitative estimate of drug-likeness (QED) is 0.858. The van der Waals surface area contributed by atoms with Crippen molar-refractivity contribution in [2.45, 2.75) is 44.8 Å². The number of hydrogen-bond acceptors (Lipinski definition) is 3. The summed E-state index contributed by atoms with van der Waals surface area (Å²) in [6.45, 7) is 1.89. The van der Waals surface area contributed by atoms with Crippen LogP contribution in [0.4, 0.5) is 4.39 Å². The van der Waals surface area contributed by atoms with Gasteiger partial charge in [-0.15, -0.1) is 0 Å². The minimum atomic E-state index is -3.15. The van der Waals surface area contributed by atoms with Gasteiger partial charge in [0, 0.05) is 19.2 Å². The second-order valence-electron chi connectivity index (χ2n) is 5.74. The molecule has 0 radical (unpaired) electrons. The summed E-state index contributed by atoms with van der Waals surface area (Å²) in [7, 11) is -1.53. The molecule has 0 atom stereocenters. The number of rotatable bonds is 4. The number of aryl methyl sites for hydroxylation is 1. The van der Waals surface area contributed by atoms with Gasteiger partial charge in [-0.05, 0) is 44.2 Å². The minimum Gasteiger partial charge on any atom is -0.490 e. The fourth-order valence-corrected chi connectivity index (χ4v) is 3.43. The van der Waals surface area contributed by atoms with Crippen LogP contribution in [0.15, 0.2) is 18.2 Å². The first-order valence-electron chi connectivity index (χ1n) is 7.13. The number of hydrogen-bond donors (Lipinski definition) is 0. The Hall–Kier alpha value is -1.14. The van der Waals surface area contributed by atoms with Crippen molar-refractivity contribution in [2.75, 3.05) is 13.3 Å². The van der Waals surface area contributed by atoms with Crippen LogP contribution in [0.5, 0.6) is 5.75 Å². The molecule has 1 aliphatic carbocycles. The van der Waals surface area contributed by atoms with Crippen LogP contribution in [0.1, 0.15) is 31.2 Å². The van der Waals surface area contributed by atoms with Crippen molar-refractivity contribution in [3.8, 4) is 5.75 Å². The molecule has 118 valence electrons. The minimum absolute atomic E-state index is 0.0229. The molecule has 6 heteroatoms. The molecule has 0 spiro atoms. The van der Waals surface area contributed by atoms with E-state index in [1.165, 1.54) is 22.7 Å². The second kappa shape index (κ2) is 6.32. The van der Waals surface area contributed by atoms with Crippen LogP contribution < -0.4 is 4.74 Å². The van der Waals surface area contributed by atoms with Crippen molar-refractivity contribution in [3.63, 3.8) is 0 Å². The van der Waals surface area contributed by atoms with Crippen LogP contribution in [0.2, 0.25) is 0 Å². The first-order valence-corrected chi connectivity index (χ1v) is 8.98. The van der Waals surface area contributed by atoms with E-state index in [1.807, 2.05) is 6.92 Å². The maximum Gasteiger partial charge on any atom is 0.211 e. The number of ether oxygens (including phenoxy) is 1. The lowest BCUT2D eigenvalue weighted by Gasteiger charge is -2.33. The molecular weight excluding hydrogens is 293 g/mol. The monoisotopic (exact) mass is 315 g/mol. The average Bonchev–Trinajstić information content (AvgIpc) is 2.42. The first kappa shape index (κ1) is 16.2.